The largest absolute Gasteiger partial charge is 0.262 e. The minimum Gasteiger partial charge on any atom is -0.248 e. The van der Waals surface area contributed by atoms with Gasteiger partial charge in [0.2, 0.25) is 0 Å². The lowest BCUT2D eigenvalue weighted by molar-refractivity contribution is 0.609. The van der Waals surface area contributed by atoms with E-state index in [-0.39, 0.29) is 4.90 Å². The second kappa shape index (κ2) is 3.93. The summed E-state index contributed by atoms with van der Waals surface area (Å²) in [5, 5.41) is 0. The van der Waals surface area contributed by atoms with Crippen LogP contribution in [0.1, 0.15) is 0 Å². The van der Waals surface area contributed by atoms with Crippen molar-refractivity contribution in [2.75, 3.05) is 0 Å². The Bertz CT molecular complexity index is 406. The number of nitrogens with zero attached hydrogens (tertiary/aromatic N) is 1. The van der Waals surface area contributed by atoms with Crippen LogP contribution in [0.2, 0.25) is 0 Å². The Hall–Kier alpha value is 0.850. The van der Waals surface area contributed by atoms with E-state index in [0.29, 0.717) is 0 Å². The maximum atomic E-state index is 10.8. The van der Waals surface area contributed by atoms with Gasteiger partial charge < -0.3 is 0 Å². The quantitative estimate of drug-likeness (QED) is 0.391. The zero-order valence-corrected chi connectivity index (χ0v) is 11.3. The van der Waals surface area contributed by atoms with Gasteiger partial charge >= 0.3 is 0 Å². The van der Waals surface area contributed by atoms with E-state index in [1.54, 1.807) is 0 Å². The fraction of sp³-hybridized carbons (Fsp3) is 0. The highest BCUT2D eigenvalue weighted by Crippen LogP contribution is 2.19. The smallest absolute Gasteiger partial charge is 0.248 e. The topological polar surface area (TPSA) is 47.0 Å². The number of hydrogen-bond donors (Lipinski definition) is 0. The van der Waals surface area contributed by atoms with E-state index < -0.39 is 9.05 Å². The summed E-state index contributed by atoms with van der Waals surface area (Å²) in [6, 6.07) is 1.48. The van der Waals surface area contributed by atoms with Gasteiger partial charge in [-0.25, -0.2) is 13.4 Å². The van der Waals surface area contributed by atoms with Crippen LogP contribution >= 0.6 is 55.9 Å². The van der Waals surface area contributed by atoms with Crippen molar-refractivity contribution in [2.24, 2.45) is 0 Å². The molecule has 1 heterocycles. The molecule has 7 heteroatoms. The Kier molecular flexibility index (Phi) is 3.58. The SMILES string of the molecule is O=S(=O)(Cl)c1cnc(I)c(I)c1. The monoisotopic (exact) mass is 429 g/mol. The molecule has 66 valence electrons. The molecule has 12 heavy (non-hydrogen) atoms. The van der Waals surface area contributed by atoms with E-state index in [9.17, 15) is 8.42 Å². The Morgan fingerprint density at radius 1 is 1.42 bits per heavy atom. The maximum Gasteiger partial charge on any atom is 0.262 e. The lowest BCUT2D eigenvalue weighted by atomic mass is 10.5. The highest BCUT2D eigenvalue weighted by molar-refractivity contribution is 14.1. The first-order chi connectivity index (χ1) is 5.41. The van der Waals surface area contributed by atoms with Gasteiger partial charge in [-0.3, -0.25) is 0 Å². The molecule has 0 saturated heterocycles. The van der Waals surface area contributed by atoms with E-state index in [1.807, 2.05) is 45.2 Å². The lowest BCUT2D eigenvalue weighted by Gasteiger charge is -1.97. The van der Waals surface area contributed by atoms with Crippen molar-refractivity contribution in [1.82, 2.24) is 4.98 Å². The van der Waals surface area contributed by atoms with Crippen molar-refractivity contribution in [2.45, 2.75) is 4.90 Å². The van der Waals surface area contributed by atoms with E-state index in [2.05, 4.69) is 4.98 Å². The molecule has 0 aliphatic carbocycles. The third-order valence-corrected chi connectivity index (χ3v) is 5.09. The van der Waals surface area contributed by atoms with Crippen LogP contribution in [0.25, 0.3) is 0 Å². The molecular weight excluding hydrogens is 427 g/mol. The number of rotatable bonds is 1. The maximum absolute atomic E-state index is 10.8. The van der Waals surface area contributed by atoms with Crippen LogP contribution in [0.3, 0.4) is 0 Å². The number of halogens is 3. The molecule has 0 atom stereocenters. The summed E-state index contributed by atoms with van der Waals surface area (Å²) < 4.78 is 23.2. The summed E-state index contributed by atoms with van der Waals surface area (Å²) in [6.45, 7) is 0. The van der Waals surface area contributed by atoms with Crippen molar-refractivity contribution in [3.63, 3.8) is 0 Å². The Morgan fingerprint density at radius 2 is 2.00 bits per heavy atom. The van der Waals surface area contributed by atoms with Crippen molar-refractivity contribution in [3.05, 3.63) is 19.5 Å². The number of aromatic nitrogens is 1. The molecule has 0 unspecified atom stereocenters. The second-order valence-corrected chi connectivity index (χ2v) is 6.63. The third kappa shape index (κ3) is 2.67. The molecule has 0 radical (unpaired) electrons. The Labute approximate surface area is 102 Å². The van der Waals surface area contributed by atoms with E-state index in [0.717, 1.165) is 7.27 Å². The molecule has 0 bridgehead atoms. The first-order valence-electron chi connectivity index (χ1n) is 2.67. The molecular formula is C5H2ClI2NO2S. The summed E-state index contributed by atoms with van der Waals surface area (Å²) in [5.74, 6) is 0. The van der Waals surface area contributed by atoms with E-state index >= 15 is 0 Å². The fourth-order valence-electron chi connectivity index (χ4n) is 0.537. The van der Waals surface area contributed by atoms with Crippen molar-refractivity contribution in [3.8, 4) is 0 Å². The summed E-state index contributed by atoms with van der Waals surface area (Å²) in [6.07, 6.45) is 1.24. The average Bonchev–Trinajstić information content (AvgIpc) is 1.92. The van der Waals surface area contributed by atoms with Gasteiger partial charge in [0.15, 0.2) is 0 Å². The van der Waals surface area contributed by atoms with Crippen molar-refractivity contribution < 1.29 is 8.42 Å². The van der Waals surface area contributed by atoms with Crippen LogP contribution in [0.15, 0.2) is 17.2 Å². The van der Waals surface area contributed by atoms with Crippen molar-refractivity contribution >= 4 is 64.9 Å². The highest BCUT2D eigenvalue weighted by Gasteiger charge is 2.11. The molecule has 0 spiro atoms. The third-order valence-electron chi connectivity index (χ3n) is 1.05. The van der Waals surface area contributed by atoms with Crippen LogP contribution in [-0.2, 0) is 9.05 Å². The Balaban J connectivity index is 3.33. The molecule has 0 amide bonds. The zero-order chi connectivity index (χ0) is 9.35. The van der Waals surface area contributed by atoms with Crippen LogP contribution in [0, 0.1) is 7.27 Å². The molecule has 1 rings (SSSR count). The molecule has 0 fully saturated rings. The minimum atomic E-state index is -3.64. The molecule has 0 N–H and O–H groups in total. The van der Waals surface area contributed by atoms with Crippen molar-refractivity contribution in [1.29, 1.82) is 0 Å². The molecule has 1 aromatic rings. The second-order valence-electron chi connectivity index (χ2n) is 1.88. The van der Waals surface area contributed by atoms with Crippen LogP contribution < -0.4 is 0 Å². The summed E-state index contributed by atoms with van der Waals surface area (Å²) >= 11 is 4.01. The normalized spacial score (nSPS) is 11.6. The van der Waals surface area contributed by atoms with Crippen LogP contribution in [-0.4, -0.2) is 13.4 Å². The van der Waals surface area contributed by atoms with Gasteiger partial charge in [0.25, 0.3) is 9.05 Å². The summed E-state index contributed by atoms with van der Waals surface area (Å²) in [4.78, 5) is 3.90. The van der Waals surface area contributed by atoms with Gasteiger partial charge in [-0.15, -0.1) is 0 Å². The Morgan fingerprint density at radius 3 is 2.42 bits per heavy atom. The predicted molar refractivity (Wildman–Crippen MR) is 62.7 cm³/mol. The van der Waals surface area contributed by atoms with Gasteiger partial charge in [-0.2, -0.15) is 0 Å². The van der Waals surface area contributed by atoms with E-state index in [1.165, 1.54) is 12.3 Å². The molecule has 3 nitrogen and oxygen atoms in total. The first kappa shape index (κ1) is 10.9. The molecule has 0 aliphatic heterocycles. The predicted octanol–water partition coefficient (Wildman–Crippen LogP) is 2.22. The molecule has 0 aromatic carbocycles. The molecule has 0 aliphatic rings. The van der Waals surface area contributed by atoms with Crippen LogP contribution in [0.5, 0.6) is 0 Å². The van der Waals surface area contributed by atoms with Crippen LogP contribution in [0.4, 0.5) is 0 Å². The average molecular weight is 429 g/mol. The first-order valence-corrected chi connectivity index (χ1v) is 7.13. The fourth-order valence-corrected chi connectivity index (χ4v) is 2.21. The lowest BCUT2D eigenvalue weighted by Crippen LogP contribution is -1.94. The van der Waals surface area contributed by atoms with Gasteiger partial charge in [0, 0.05) is 20.4 Å². The highest BCUT2D eigenvalue weighted by atomic mass is 127. The summed E-state index contributed by atoms with van der Waals surface area (Å²) in [5.41, 5.74) is 0. The summed E-state index contributed by atoms with van der Waals surface area (Å²) in [7, 11) is 1.47. The van der Waals surface area contributed by atoms with Gasteiger partial charge in [0.05, 0.1) is 0 Å². The van der Waals surface area contributed by atoms with Gasteiger partial charge in [-0.1, -0.05) is 0 Å². The standard InChI is InChI=1S/C5H2ClI2NO2S/c6-12(10,11)3-1-4(7)5(8)9-2-3/h1-2H. The minimum absolute atomic E-state index is 0.0361. The molecule has 0 saturated carbocycles. The number of pyridine rings is 1. The van der Waals surface area contributed by atoms with Gasteiger partial charge in [-0.05, 0) is 51.2 Å². The van der Waals surface area contributed by atoms with E-state index in [4.69, 9.17) is 10.7 Å². The zero-order valence-electron chi connectivity index (χ0n) is 5.46. The number of hydrogen-bond acceptors (Lipinski definition) is 3. The molecule has 1 aromatic heterocycles. The van der Waals surface area contributed by atoms with Gasteiger partial charge in [0.1, 0.15) is 8.60 Å².